The van der Waals surface area contributed by atoms with E-state index in [2.05, 4.69) is 12.2 Å². The van der Waals surface area contributed by atoms with Crippen molar-refractivity contribution in [3.05, 3.63) is 0 Å². The number of rotatable bonds is 5. The van der Waals surface area contributed by atoms with Gasteiger partial charge in [0.25, 0.3) is 0 Å². The van der Waals surface area contributed by atoms with Crippen molar-refractivity contribution in [1.82, 2.24) is 10.2 Å². The third-order valence-electron chi connectivity index (χ3n) is 4.57. The van der Waals surface area contributed by atoms with Crippen LogP contribution >= 0.6 is 0 Å². The number of hydrogen-bond donors (Lipinski definition) is 2. The first-order valence-corrected chi connectivity index (χ1v) is 7.31. The Morgan fingerprint density at radius 2 is 2.25 bits per heavy atom. The monoisotopic (exact) mass is 284 g/mol. The molecule has 2 aliphatic rings. The number of carbonyl (C=O) groups is 2. The summed E-state index contributed by atoms with van der Waals surface area (Å²) in [6, 6.07) is -0.748. The molecule has 0 bridgehead atoms. The van der Waals surface area contributed by atoms with E-state index in [4.69, 9.17) is 4.74 Å². The van der Waals surface area contributed by atoms with Gasteiger partial charge < -0.3 is 20.1 Å². The lowest BCUT2D eigenvalue weighted by molar-refractivity contribution is -0.153. The Balaban J connectivity index is 2.19. The van der Waals surface area contributed by atoms with Gasteiger partial charge in [0.05, 0.1) is 11.5 Å². The fourth-order valence-electron chi connectivity index (χ4n) is 3.46. The summed E-state index contributed by atoms with van der Waals surface area (Å²) in [6.07, 6.45) is 2.73. The van der Waals surface area contributed by atoms with E-state index >= 15 is 0 Å². The van der Waals surface area contributed by atoms with E-state index in [0.29, 0.717) is 19.5 Å². The summed E-state index contributed by atoms with van der Waals surface area (Å²) in [7, 11) is 1.57. The third-order valence-corrected chi connectivity index (χ3v) is 4.57. The standard InChI is InChI=1S/C14H24N2O4/c1-3-4-14(5-6-15-9-14)13(19)16-8-10(20-2)7-11(16)12(17)18/h10-11,15H,3-9H2,1-2H3,(H,17,18). The maximum atomic E-state index is 12.9. The number of carboxylic acid groups (broad SMARTS) is 1. The smallest absolute Gasteiger partial charge is 0.326 e. The zero-order valence-corrected chi connectivity index (χ0v) is 12.2. The molecule has 0 aromatic carbocycles. The van der Waals surface area contributed by atoms with Crippen LogP contribution in [0.4, 0.5) is 0 Å². The van der Waals surface area contributed by atoms with Gasteiger partial charge in [0.15, 0.2) is 0 Å². The first kappa shape index (κ1) is 15.3. The molecule has 0 aliphatic carbocycles. The molecule has 2 rings (SSSR count). The summed E-state index contributed by atoms with van der Waals surface area (Å²) in [5.41, 5.74) is -0.426. The molecular weight excluding hydrogens is 260 g/mol. The van der Waals surface area contributed by atoms with Crippen LogP contribution < -0.4 is 5.32 Å². The van der Waals surface area contributed by atoms with Gasteiger partial charge in [-0.2, -0.15) is 0 Å². The average Bonchev–Trinajstić information content (AvgIpc) is 3.05. The van der Waals surface area contributed by atoms with Crippen molar-refractivity contribution in [1.29, 1.82) is 0 Å². The average molecular weight is 284 g/mol. The van der Waals surface area contributed by atoms with Crippen molar-refractivity contribution < 1.29 is 19.4 Å². The van der Waals surface area contributed by atoms with Gasteiger partial charge >= 0.3 is 5.97 Å². The van der Waals surface area contributed by atoms with E-state index in [1.54, 1.807) is 7.11 Å². The van der Waals surface area contributed by atoms with Crippen molar-refractivity contribution in [2.45, 2.75) is 44.8 Å². The van der Waals surface area contributed by atoms with Crippen LogP contribution in [0.25, 0.3) is 0 Å². The summed E-state index contributed by atoms with van der Waals surface area (Å²) in [5, 5.41) is 12.6. The van der Waals surface area contributed by atoms with Gasteiger partial charge in [-0.1, -0.05) is 13.3 Å². The zero-order valence-electron chi connectivity index (χ0n) is 12.2. The van der Waals surface area contributed by atoms with Crippen LogP contribution in [-0.2, 0) is 14.3 Å². The second-order valence-corrected chi connectivity index (χ2v) is 5.86. The van der Waals surface area contributed by atoms with Crippen molar-refractivity contribution in [2.75, 3.05) is 26.7 Å². The van der Waals surface area contributed by atoms with Crippen molar-refractivity contribution >= 4 is 11.9 Å². The zero-order chi connectivity index (χ0) is 14.8. The summed E-state index contributed by atoms with van der Waals surface area (Å²) in [6.45, 7) is 3.92. The number of nitrogens with one attached hydrogen (secondary N) is 1. The molecule has 0 saturated carbocycles. The molecule has 0 aromatic rings. The molecule has 3 unspecified atom stereocenters. The number of carbonyl (C=O) groups excluding carboxylic acids is 1. The van der Waals surface area contributed by atoms with E-state index in [1.165, 1.54) is 4.90 Å². The summed E-state index contributed by atoms with van der Waals surface area (Å²) >= 11 is 0. The van der Waals surface area contributed by atoms with Gasteiger partial charge in [-0.25, -0.2) is 4.79 Å². The highest BCUT2D eigenvalue weighted by Crippen LogP contribution is 2.36. The van der Waals surface area contributed by atoms with Gasteiger partial charge in [-0.05, 0) is 19.4 Å². The molecule has 2 saturated heterocycles. The molecule has 2 fully saturated rings. The number of ether oxygens (including phenoxy) is 1. The molecule has 114 valence electrons. The lowest BCUT2D eigenvalue weighted by Gasteiger charge is -2.33. The molecule has 0 aromatic heterocycles. The second-order valence-electron chi connectivity index (χ2n) is 5.86. The Morgan fingerprint density at radius 1 is 1.50 bits per heavy atom. The molecular formula is C14H24N2O4. The quantitative estimate of drug-likeness (QED) is 0.767. The minimum absolute atomic E-state index is 0.0173. The molecule has 20 heavy (non-hydrogen) atoms. The van der Waals surface area contributed by atoms with Crippen LogP contribution in [0.3, 0.4) is 0 Å². The predicted molar refractivity (Wildman–Crippen MR) is 73.4 cm³/mol. The Hall–Kier alpha value is -1.14. The highest BCUT2D eigenvalue weighted by molar-refractivity contribution is 5.88. The third kappa shape index (κ3) is 2.67. The minimum Gasteiger partial charge on any atom is -0.480 e. The van der Waals surface area contributed by atoms with Crippen LogP contribution in [0.5, 0.6) is 0 Å². The number of hydrogen-bond acceptors (Lipinski definition) is 4. The van der Waals surface area contributed by atoms with Crippen molar-refractivity contribution in [2.24, 2.45) is 5.41 Å². The number of likely N-dealkylation sites (tertiary alicyclic amines) is 1. The maximum Gasteiger partial charge on any atom is 0.326 e. The van der Waals surface area contributed by atoms with E-state index in [9.17, 15) is 14.7 Å². The van der Waals surface area contributed by atoms with Gasteiger partial charge in [0.2, 0.25) is 5.91 Å². The van der Waals surface area contributed by atoms with E-state index < -0.39 is 17.4 Å². The Bertz CT molecular complexity index is 379. The van der Waals surface area contributed by atoms with Gasteiger partial charge in [-0.3, -0.25) is 4.79 Å². The molecule has 0 radical (unpaired) electrons. The largest absolute Gasteiger partial charge is 0.480 e. The van der Waals surface area contributed by atoms with E-state index in [-0.39, 0.29) is 12.0 Å². The predicted octanol–water partition coefficient (Wildman–Crippen LogP) is 0.467. The summed E-state index contributed by atoms with van der Waals surface area (Å²) < 4.78 is 5.25. The normalized spacial score (nSPS) is 33.6. The Morgan fingerprint density at radius 3 is 2.75 bits per heavy atom. The maximum absolute atomic E-state index is 12.9. The van der Waals surface area contributed by atoms with Gasteiger partial charge in [0.1, 0.15) is 6.04 Å². The molecule has 3 atom stereocenters. The minimum atomic E-state index is -0.935. The second kappa shape index (κ2) is 6.10. The van der Waals surface area contributed by atoms with Crippen LogP contribution in [0.15, 0.2) is 0 Å². The molecule has 2 aliphatic heterocycles. The van der Waals surface area contributed by atoms with E-state index in [0.717, 1.165) is 25.8 Å². The Labute approximate surface area is 119 Å². The molecule has 6 heteroatoms. The summed E-state index contributed by atoms with van der Waals surface area (Å²) in [4.78, 5) is 25.8. The number of methoxy groups -OCH3 is 1. The number of aliphatic carboxylic acids is 1. The fourth-order valence-corrected chi connectivity index (χ4v) is 3.46. The van der Waals surface area contributed by atoms with Crippen molar-refractivity contribution in [3.8, 4) is 0 Å². The first-order valence-electron chi connectivity index (χ1n) is 7.31. The highest BCUT2D eigenvalue weighted by atomic mass is 16.5. The topological polar surface area (TPSA) is 78.9 Å². The lowest BCUT2D eigenvalue weighted by Crippen LogP contribution is -2.49. The number of carboxylic acids is 1. The number of amides is 1. The molecule has 6 nitrogen and oxygen atoms in total. The van der Waals surface area contributed by atoms with Crippen LogP contribution in [-0.4, -0.2) is 60.8 Å². The van der Waals surface area contributed by atoms with Gasteiger partial charge in [-0.15, -0.1) is 0 Å². The molecule has 0 spiro atoms. The van der Waals surface area contributed by atoms with Crippen LogP contribution in [0, 0.1) is 5.41 Å². The van der Waals surface area contributed by atoms with Crippen LogP contribution in [0.2, 0.25) is 0 Å². The molecule has 2 N–H and O–H groups in total. The summed E-state index contributed by atoms with van der Waals surface area (Å²) in [5.74, 6) is -0.952. The first-order chi connectivity index (χ1) is 9.54. The molecule has 2 heterocycles. The SMILES string of the molecule is CCCC1(C(=O)N2CC(OC)CC2C(=O)O)CCNC1. The number of nitrogens with zero attached hydrogens (tertiary/aromatic N) is 1. The van der Waals surface area contributed by atoms with Crippen molar-refractivity contribution in [3.63, 3.8) is 0 Å². The fraction of sp³-hybridized carbons (Fsp3) is 0.857. The highest BCUT2D eigenvalue weighted by Gasteiger charge is 2.48. The lowest BCUT2D eigenvalue weighted by atomic mass is 9.81. The van der Waals surface area contributed by atoms with Gasteiger partial charge in [0, 0.05) is 26.6 Å². The van der Waals surface area contributed by atoms with Crippen LogP contribution in [0.1, 0.15) is 32.6 Å². The Kier molecular flexibility index (Phi) is 4.65. The van der Waals surface area contributed by atoms with E-state index in [1.807, 2.05) is 0 Å². The molecule has 1 amide bonds.